The van der Waals surface area contributed by atoms with E-state index < -0.39 is 0 Å². The first-order chi connectivity index (χ1) is 7.35. The van der Waals surface area contributed by atoms with Crippen LogP contribution in [0.5, 0.6) is 0 Å². The number of benzene rings is 1. The molecule has 90 valence electrons. The number of rotatable bonds is 4. The van der Waals surface area contributed by atoms with Gasteiger partial charge in [-0.3, -0.25) is 0 Å². The summed E-state index contributed by atoms with van der Waals surface area (Å²) in [6.45, 7) is 6.34. The fraction of sp³-hybridized carbons (Fsp3) is 0.500. The van der Waals surface area contributed by atoms with Crippen LogP contribution in [-0.2, 0) is 0 Å². The summed E-state index contributed by atoms with van der Waals surface area (Å²) in [5, 5.41) is 3.33. The number of nitrogens with two attached hydrogens (primary N) is 1. The van der Waals surface area contributed by atoms with Crippen molar-refractivity contribution in [3.63, 3.8) is 0 Å². The Morgan fingerprint density at radius 1 is 1.44 bits per heavy atom. The standard InChI is InChI=1S/C12H18BrFN2/c1-4-5-12(2,3)16-11-6-8(13)9(14)7-10(11)15/h6-7,16H,4-5,15H2,1-3H3. The van der Waals surface area contributed by atoms with Crippen molar-refractivity contribution in [2.45, 2.75) is 39.2 Å². The van der Waals surface area contributed by atoms with Crippen LogP contribution in [-0.4, -0.2) is 5.54 Å². The SMILES string of the molecule is CCCC(C)(C)Nc1cc(Br)c(F)cc1N. The van der Waals surface area contributed by atoms with Crippen molar-refractivity contribution in [1.82, 2.24) is 0 Å². The fourth-order valence-electron chi connectivity index (χ4n) is 1.72. The second-order valence-corrected chi connectivity index (χ2v) is 5.47. The van der Waals surface area contributed by atoms with Crippen LogP contribution in [0.3, 0.4) is 0 Å². The van der Waals surface area contributed by atoms with Gasteiger partial charge in [0.25, 0.3) is 0 Å². The molecule has 0 aliphatic carbocycles. The second-order valence-electron chi connectivity index (χ2n) is 4.61. The lowest BCUT2D eigenvalue weighted by molar-refractivity contribution is 0.511. The van der Waals surface area contributed by atoms with Crippen LogP contribution in [0.2, 0.25) is 0 Å². The Labute approximate surface area is 105 Å². The van der Waals surface area contributed by atoms with Crippen molar-refractivity contribution in [3.05, 3.63) is 22.4 Å². The summed E-state index contributed by atoms with van der Waals surface area (Å²) in [5.74, 6) is -0.337. The van der Waals surface area contributed by atoms with Gasteiger partial charge in [0.1, 0.15) is 5.82 Å². The minimum absolute atomic E-state index is 0.0415. The molecule has 0 saturated heterocycles. The molecule has 0 aliphatic rings. The Bertz CT molecular complexity index is 378. The molecule has 16 heavy (non-hydrogen) atoms. The number of nitrogen functional groups attached to an aromatic ring is 1. The molecule has 0 aliphatic heterocycles. The predicted octanol–water partition coefficient (Wildman–Crippen LogP) is 4.16. The molecule has 3 N–H and O–H groups in total. The van der Waals surface area contributed by atoms with Crippen LogP contribution in [0.15, 0.2) is 16.6 Å². The highest BCUT2D eigenvalue weighted by Gasteiger charge is 2.18. The summed E-state index contributed by atoms with van der Waals surface area (Å²) in [6, 6.07) is 3.01. The van der Waals surface area contributed by atoms with E-state index in [1.54, 1.807) is 6.07 Å². The van der Waals surface area contributed by atoms with Gasteiger partial charge in [0.15, 0.2) is 0 Å². The summed E-state index contributed by atoms with van der Waals surface area (Å²) in [4.78, 5) is 0. The van der Waals surface area contributed by atoms with Crippen molar-refractivity contribution in [1.29, 1.82) is 0 Å². The molecule has 0 aromatic heterocycles. The normalized spacial score (nSPS) is 11.6. The molecule has 1 aromatic rings. The number of anilines is 2. The number of hydrogen-bond acceptors (Lipinski definition) is 2. The van der Waals surface area contributed by atoms with Crippen LogP contribution in [0.4, 0.5) is 15.8 Å². The van der Waals surface area contributed by atoms with Crippen LogP contribution in [0.1, 0.15) is 33.6 Å². The first-order valence-electron chi connectivity index (χ1n) is 5.38. The van der Waals surface area contributed by atoms with E-state index in [-0.39, 0.29) is 11.4 Å². The van der Waals surface area contributed by atoms with Gasteiger partial charge in [0.05, 0.1) is 15.8 Å². The van der Waals surface area contributed by atoms with E-state index in [1.807, 2.05) is 0 Å². The monoisotopic (exact) mass is 288 g/mol. The van der Waals surface area contributed by atoms with E-state index in [1.165, 1.54) is 6.07 Å². The molecule has 0 bridgehead atoms. The van der Waals surface area contributed by atoms with Crippen molar-refractivity contribution < 1.29 is 4.39 Å². The largest absolute Gasteiger partial charge is 0.397 e. The Morgan fingerprint density at radius 3 is 2.62 bits per heavy atom. The van der Waals surface area contributed by atoms with E-state index in [2.05, 4.69) is 42.0 Å². The van der Waals surface area contributed by atoms with Gasteiger partial charge in [-0.2, -0.15) is 0 Å². The van der Waals surface area contributed by atoms with Crippen LogP contribution in [0.25, 0.3) is 0 Å². The molecule has 0 spiro atoms. The third-order valence-electron chi connectivity index (χ3n) is 2.44. The summed E-state index contributed by atoms with van der Waals surface area (Å²) < 4.78 is 13.6. The van der Waals surface area contributed by atoms with Gasteiger partial charge >= 0.3 is 0 Å². The molecule has 0 saturated carbocycles. The van der Waals surface area contributed by atoms with Crippen molar-refractivity contribution in [2.24, 2.45) is 0 Å². The molecule has 0 amide bonds. The maximum absolute atomic E-state index is 13.2. The van der Waals surface area contributed by atoms with Crippen molar-refractivity contribution in [2.75, 3.05) is 11.1 Å². The lowest BCUT2D eigenvalue weighted by Crippen LogP contribution is -2.30. The van der Waals surface area contributed by atoms with Gasteiger partial charge in [-0.05, 0) is 42.3 Å². The molecule has 2 nitrogen and oxygen atoms in total. The quantitative estimate of drug-likeness (QED) is 0.817. The van der Waals surface area contributed by atoms with Gasteiger partial charge in [-0.15, -0.1) is 0 Å². The maximum atomic E-state index is 13.2. The van der Waals surface area contributed by atoms with Crippen LogP contribution in [0, 0.1) is 5.82 Å². The average Bonchev–Trinajstić information content (AvgIpc) is 2.13. The fourth-order valence-corrected chi connectivity index (χ4v) is 2.07. The zero-order chi connectivity index (χ0) is 12.3. The molecule has 0 atom stereocenters. The Hall–Kier alpha value is -0.770. The highest BCUT2D eigenvalue weighted by Crippen LogP contribution is 2.29. The Morgan fingerprint density at radius 2 is 2.06 bits per heavy atom. The predicted molar refractivity (Wildman–Crippen MR) is 71.1 cm³/mol. The van der Waals surface area contributed by atoms with E-state index in [4.69, 9.17) is 5.73 Å². The third-order valence-corrected chi connectivity index (χ3v) is 3.05. The molecule has 0 heterocycles. The van der Waals surface area contributed by atoms with E-state index >= 15 is 0 Å². The summed E-state index contributed by atoms with van der Waals surface area (Å²) >= 11 is 3.16. The average molecular weight is 289 g/mol. The summed E-state index contributed by atoms with van der Waals surface area (Å²) in [7, 11) is 0. The summed E-state index contributed by atoms with van der Waals surface area (Å²) in [6.07, 6.45) is 2.11. The molecule has 1 rings (SSSR count). The third kappa shape index (κ3) is 3.37. The lowest BCUT2D eigenvalue weighted by Gasteiger charge is -2.28. The molecular formula is C12H18BrFN2. The number of halogens is 2. The van der Waals surface area contributed by atoms with Crippen molar-refractivity contribution >= 4 is 27.3 Å². The van der Waals surface area contributed by atoms with Gasteiger partial charge in [0.2, 0.25) is 0 Å². The van der Waals surface area contributed by atoms with Crippen LogP contribution >= 0.6 is 15.9 Å². The zero-order valence-electron chi connectivity index (χ0n) is 9.90. The van der Waals surface area contributed by atoms with Gasteiger partial charge in [-0.25, -0.2) is 4.39 Å². The summed E-state index contributed by atoms with van der Waals surface area (Å²) in [5.41, 5.74) is 6.93. The Kier molecular flexibility index (Phi) is 4.19. The highest BCUT2D eigenvalue weighted by molar-refractivity contribution is 9.10. The Balaban J connectivity index is 2.93. The van der Waals surface area contributed by atoms with Crippen molar-refractivity contribution in [3.8, 4) is 0 Å². The molecule has 4 heteroatoms. The topological polar surface area (TPSA) is 38.0 Å². The molecule has 0 unspecified atom stereocenters. The molecular weight excluding hydrogens is 271 g/mol. The first-order valence-corrected chi connectivity index (χ1v) is 6.17. The zero-order valence-corrected chi connectivity index (χ0v) is 11.5. The van der Waals surface area contributed by atoms with E-state index in [0.717, 1.165) is 18.5 Å². The minimum Gasteiger partial charge on any atom is -0.397 e. The molecule has 1 aromatic carbocycles. The van der Waals surface area contributed by atoms with Crippen LogP contribution < -0.4 is 11.1 Å². The van der Waals surface area contributed by atoms with E-state index in [0.29, 0.717) is 10.2 Å². The molecule has 0 fully saturated rings. The maximum Gasteiger partial charge on any atom is 0.139 e. The minimum atomic E-state index is -0.337. The van der Waals surface area contributed by atoms with E-state index in [9.17, 15) is 4.39 Å². The highest BCUT2D eigenvalue weighted by atomic mass is 79.9. The van der Waals surface area contributed by atoms with Gasteiger partial charge in [0, 0.05) is 11.6 Å². The van der Waals surface area contributed by atoms with Gasteiger partial charge < -0.3 is 11.1 Å². The first kappa shape index (κ1) is 13.3. The smallest absolute Gasteiger partial charge is 0.139 e. The number of hydrogen-bond donors (Lipinski definition) is 2. The number of nitrogens with one attached hydrogen (secondary N) is 1. The van der Waals surface area contributed by atoms with Gasteiger partial charge in [-0.1, -0.05) is 13.3 Å². The second kappa shape index (κ2) is 5.04. The lowest BCUT2D eigenvalue weighted by atomic mass is 9.98. The molecule has 0 radical (unpaired) electrons.